The molecule has 4 rings (SSSR count). The molecule has 0 amide bonds. The number of nitrogens with zero attached hydrogens (tertiary/aromatic N) is 2. The number of hydrogen-bond acceptors (Lipinski definition) is 4. The molecule has 0 N–H and O–H groups in total. The van der Waals surface area contributed by atoms with Crippen LogP contribution in [0.15, 0.2) is 9.98 Å². The highest BCUT2D eigenvalue weighted by Crippen LogP contribution is 2.68. The van der Waals surface area contributed by atoms with E-state index in [1.165, 1.54) is 0 Å². The molecule has 148 valence electrons. The van der Waals surface area contributed by atoms with E-state index in [9.17, 15) is 9.59 Å². The van der Waals surface area contributed by atoms with E-state index in [-0.39, 0.29) is 17.9 Å². The van der Waals surface area contributed by atoms with E-state index in [4.69, 9.17) is 9.98 Å². The molecule has 4 heteroatoms. The average molecular weight is 371 g/mol. The van der Waals surface area contributed by atoms with Gasteiger partial charge in [-0.05, 0) is 55.3 Å². The van der Waals surface area contributed by atoms with E-state index in [0.717, 1.165) is 24.3 Å². The van der Waals surface area contributed by atoms with Crippen LogP contribution in [0.1, 0.15) is 61.3 Å². The average Bonchev–Trinajstić information content (AvgIpc) is 3.08. The summed E-state index contributed by atoms with van der Waals surface area (Å²) in [5.41, 5.74) is 2.56. The Labute approximate surface area is 163 Å². The van der Waals surface area contributed by atoms with Crippen molar-refractivity contribution in [1.29, 1.82) is 0 Å². The van der Waals surface area contributed by atoms with Crippen molar-refractivity contribution in [3.05, 3.63) is 0 Å². The topological polar surface area (TPSA) is 58.9 Å². The molecule has 0 bridgehead atoms. The predicted octanol–water partition coefficient (Wildman–Crippen LogP) is 4.02. The summed E-state index contributed by atoms with van der Waals surface area (Å²) in [6.45, 7) is 15.8. The Morgan fingerprint density at radius 3 is 1.81 bits per heavy atom. The molecule has 0 spiro atoms. The first-order valence-corrected chi connectivity index (χ1v) is 10.6. The molecule has 0 aromatic carbocycles. The van der Waals surface area contributed by atoms with Crippen LogP contribution >= 0.6 is 0 Å². The van der Waals surface area contributed by atoms with Gasteiger partial charge in [0.2, 0.25) is 0 Å². The van der Waals surface area contributed by atoms with Crippen molar-refractivity contribution in [3.63, 3.8) is 0 Å². The summed E-state index contributed by atoms with van der Waals surface area (Å²) in [5, 5.41) is 0. The lowest BCUT2D eigenvalue weighted by Crippen LogP contribution is -2.26. The molecule has 4 saturated carbocycles. The molecule has 0 aromatic heterocycles. The molecule has 2 unspecified atom stereocenters. The summed E-state index contributed by atoms with van der Waals surface area (Å²) in [6, 6.07) is 0.0492. The lowest BCUT2D eigenvalue weighted by Gasteiger charge is -2.18. The maximum Gasteiger partial charge on any atom is 0.142 e. The third-order valence-electron chi connectivity index (χ3n) is 8.46. The van der Waals surface area contributed by atoms with Gasteiger partial charge in [0.1, 0.15) is 11.6 Å². The summed E-state index contributed by atoms with van der Waals surface area (Å²) in [4.78, 5) is 34.3. The quantitative estimate of drug-likeness (QED) is 0.686. The van der Waals surface area contributed by atoms with Gasteiger partial charge in [-0.2, -0.15) is 0 Å². The molecule has 4 aliphatic rings. The number of ketones is 2. The number of carbonyl (C=O) groups excluding carboxylic acids is 2. The highest BCUT2D eigenvalue weighted by molar-refractivity contribution is 6.08. The van der Waals surface area contributed by atoms with Crippen molar-refractivity contribution in [3.8, 4) is 0 Å². The van der Waals surface area contributed by atoms with Gasteiger partial charge < -0.3 is 0 Å². The van der Waals surface area contributed by atoms with Gasteiger partial charge in [-0.25, -0.2) is 0 Å². The second-order valence-corrected chi connectivity index (χ2v) is 10.8. The molecule has 0 radical (unpaired) electrons. The van der Waals surface area contributed by atoms with E-state index in [2.05, 4.69) is 34.6 Å². The van der Waals surface area contributed by atoms with Gasteiger partial charge in [-0.1, -0.05) is 27.7 Å². The molecule has 7 atom stereocenters. The highest BCUT2D eigenvalue weighted by atomic mass is 16.1. The third-order valence-corrected chi connectivity index (χ3v) is 8.46. The highest BCUT2D eigenvalue weighted by Gasteiger charge is 2.68. The fraction of sp³-hybridized carbons (Fsp3) is 0.826. The van der Waals surface area contributed by atoms with Crippen LogP contribution in [0.2, 0.25) is 0 Å². The third kappa shape index (κ3) is 2.77. The standard InChI is InChI=1S/C23H34N2O2/c1-11(25-13(3)19-17(27)9-15-21(19)23(15,6)7)10-24-12(2)18-16(26)8-14-20(18)22(14,4)5/h11,14-15,18-21H,8-10H2,1-7H3/t11-,14-,15-,18?,19?,20-,21-/m1/s1. The lowest BCUT2D eigenvalue weighted by molar-refractivity contribution is -0.121. The van der Waals surface area contributed by atoms with Crippen molar-refractivity contribution in [2.75, 3.05) is 6.54 Å². The van der Waals surface area contributed by atoms with Crippen molar-refractivity contribution >= 4 is 23.0 Å². The number of aliphatic imine (C=N–C) groups is 2. The Morgan fingerprint density at radius 2 is 1.37 bits per heavy atom. The molecule has 4 nitrogen and oxygen atoms in total. The van der Waals surface area contributed by atoms with E-state index in [1.54, 1.807) is 0 Å². The first-order chi connectivity index (χ1) is 12.5. The van der Waals surface area contributed by atoms with Crippen molar-refractivity contribution in [2.24, 2.45) is 56.3 Å². The molecule has 4 fully saturated rings. The second kappa shape index (κ2) is 5.84. The number of Topliss-reactive ketones (excluding diaryl/α,β-unsaturated/α-hetero) is 2. The van der Waals surface area contributed by atoms with E-state index < -0.39 is 0 Å². The maximum atomic E-state index is 12.4. The summed E-state index contributed by atoms with van der Waals surface area (Å²) in [6.07, 6.45) is 1.45. The zero-order chi connectivity index (χ0) is 19.9. The van der Waals surface area contributed by atoms with E-state index >= 15 is 0 Å². The second-order valence-electron chi connectivity index (χ2n) is 10.8. The normalized spacial score (nSPS) is 42.8. The number of fused-ring (bicyclic) bond motifs is 2. The maximum absolute atomic E-state index is 12.4. The van der Waals surface area contributed by atoms with Gasteiger partial charge in [-0.3, -0.25) is 19.6 Å². The Bertz CT molecular complexity index is 760. The Kier molecular flexibility index (Phi) is 4.11. The fourth-order valence-electron chi connectivity index (χ4n) is 6.59. The van der Waals surface area contributed by atoms with Gasteiger partial charge in [0, 0.05) is 24.3 Å². The molecule has 0 saturated heterocycles. The monoisotopic (exact) mass is 370 g/mol. The lowest BCUT2D eigenvalue weighted by atomic mass is 9.88. The number of rotatable bonds is 5. The molecule has 0 aliphatic heterocycles. The van der Waals surface area contributed by atoms with Crippen LogP contribution in [0.25, 0.3) is 0 Å². The van der Waals surface area contributed by atoms with Gasteiger partial charge in [0.15, 0.2) is 0 Å². The van der Waals surface area contributed by atoms with Crippen LogP contribution in [0.3, 0.4) is 0 Å². The van der Waals surface area contributed by atoms with Crippen LogP contribution in [-0.2, 0) is 9.59 Å². The number of carbonyl (C=O) groups is 2. The fourth-order valence-corrected chi connectivity index (χ4v) is 6.59. The first kappa shape index (κ1) is 19.0. The van der Waals surface area contributed by atoms with Gasteiger partial charge in [-0.15, -0.1) is 0 Å². The molecule has 27 heavy (non-hydrogen) atoms. The Morgan fingerprint density at radius 1 is 0.926 bits per heavy atom. The van der Waals surface area contributed by atoms with Crippen LogP contribution in [0.4, 0.5) is 0 Å². The van der Waals surface area contributed by atoms with Crippen molar-refractivity contribution in [1.82, 2.24) is 0 Å². The van der Waals surface area contributed by atoms with Crippen molar-refractivity contribution in [2.45, 2.75) is 67.3 Å². The minimum absolute atomic E-state index is 0.0157. The zero-order valence-corrected chi connectivity index (χ0v) is 17.9. The molecule has 4 aliphatic carbocycles. The molecular formula is C23H34N2O2. The van der Waals surface area contributed by atoms with Crippen LogP contribution in [-0.4, -0.2) is 35.6 Å². The smallest absolute Gasteiger partial charge is 0.142 e. The summed E-state index contributed by atoms with van der Waals surface area (Å²) in [5.74, 6) is 2.86. The number of hydrogen-bond donors (Lipinski definition) is 0. The van der Waals surface area contributed by atoms with Crippen LogP contribution < -0.4 is 0 Å². The summed E-state index contributed by atoms with van der Waals surface area (Å²) < 4.78 is 0. The van der Waals surface area contributed by atoms with E-state index in [1.807, 2.05) is 13.8 Å². The summed E-state index contributed by atoms with van der Waals surface area (Å²) in [7, 11) is 0. The minimum Gasteiger partial charge on any atom is -0.299 e. The SMILES string of the molecule is CC(=NC[C@@H](C)N=C(C)C1C(=O)C[C@@H]2[C@H]1C2(C)C)C1C(=O)C[C@@H]2[C@H]1C2(C)C. The largest absolute Gasteiger partial charge is 0.299 e. The zero-order valence-electron chi connectivity index (χ0n) is 17.9. The predicted molar refractivity (Wildman–Crippen MR) is 108 cm³/mol. The van der Waals surface area contributed by atoms with Gasteiger partial charge in [0.05, 0.1) is 24.4 Å². The van der Waals surface area contributed by atoms with Crippen LogP contribution in [0, 0.1) is 46.3 Å². The van der Waals surface area contributed by atoms with E-state index in [0.29, 0.717) is 52.6 Å². The van der Waals surface area contributed by atoms with Crippen molar-refractivity contribution < 1.29 is 9.59 Å². The Balaban J connectivity index is 1.40. The van der Waals surface area contributed by atoms with Crippen LogP contribution in [0.5, 0.6) is 0 Å². The molecular weight excluding hydrogens is 336 g/mol. The molecule has 0 heterocycles. The summed E-state index contributed by atoms with van der Waals surface area (Å²) >= 11 is 0. The molecule has 0 aromatic rings. The van der Waals surface area contributed by atoms with Gasteiger partial charge >= 0.3 is 0 Å². The Hall–Kier alpha value is -1.32. The van der Waals surface area contributed by atoms with Gasteiger partial charge in [0.25, 0.3) is 0 Å². The first-order valence-electron chi connectivity index (χ1n) is 10.6. The minimum atomic E-state index is 0.0157.